The average Bonchev–Trinajstić information content (AvgIpc) is 3.05. The zero-order valence-electron chi connectivity index (χ0n) is 8.08. The van der Waals surface area contributed by atoms with Gasteiger partial charge in [0, 0.05) is 10.3 Å². The molecule has 14 heavy (non-hydrogen) atoms. The van der Waals surface area contributed by atoms with Gasteiger partial charge in [-0.1, -0.05) is 6.92 Å². The van der Waals surface area contributed by atoms with Crippen LogP contribution in [0.25, 0.3) is 0 Å². The van der Waals surface area contributed by atoms with Crippen molar-refractivity contribution in [3.05, 3.63) is 0 Å². The van der Waals surface area contributed by atoms with E-state index in [0.29, 0.717) is 26.9 Å². The molecule has 0 spiro atoms. The predicted molar refractivity (Wildman–Crippen MR) is 94.7 cm³/mol. The SMILES string of the molecule is CCSCC[SH](C(C)[SH]1SS1)[SH]1SS1. The molecular weight excluding hydrogens is 329 g/mol. The molecule has 0 bridgehead atoms. The second-order valence-electron chi connectivity index (χ2n) is 2.81. The maximum absolute atomic E-state index is 2.53. The first-order valence-corrected chi connectivity index (χ1v) is 17.4. The van der Waals surface area contributed by atoms with Crippen LogP contribution in [0.3, 0.4) is 0 Å². The number of hydrogen-bond acceptors (Lipinski definition) is 5. The lowest BCUT2D eigenvalue weighted by Crippen LogP contribution is -2.00. The Bertz CT molecular complexity index is 179. The molecule has 0 aromatic heterocycles. The van der Waals surface area contributed by atoms with Crippen LogP contribution in [-0.4, -0.2) is 21.8 Å². The van der Waals surface area contributed by atoms with Gasteiger partial charge in [0.15, 0.2) is 0 Å². The standard InChI is InChI=1S/C6H16S8/c1-3-7-4-5-12(14-10-11-14)6(2)13-8-9-13/h6,12-14H,3-5H2,1-2H3. The van der Waals surface area contributed by atoms with Crippen molar-refractivity contribution in [1.82, 2.24) is 0 Å². The first-order chi connectivity index (χ1) is 6.83. The number of thioether (sulfide) groups is 1. The van der Waals surface area contributed by atoms with E-state index in [2.05, 4.69) is 64.9 Å². The fourth-order valence-corrected chi connectivity index (χ4v) is 34.4. The Labute approximate surface area is 112 Å². The topological polar surface area (TPSA) is 0 Å². The van der Waals surface area contributed by atoms with Gasteiger partial charge in [0.2, 0.25) is 0 Å². The minimum Gasteiger partial charge on any atom is -0.193 e. The molecule has 2 aliphatic heterocycles. The maximum atomic E-state index is 2.53. The zero-order chi connectivity index (χ0) is 9.97. The Kier molecular flexibility index (Phi) is 6.29. The molecule has 0 saturated carbocycles. The summed E-state index contributed by atoms with van der Waals surface area (Å²) in [5, 5.41) is 0. The van der Waals surface area contributed by atoms with Crippen LogP contribution in [0, 0.1) is 0 Å². The molecule has 0 N–H and O–H groups in total. The molecule has 0 amide bonds. The van der Waals surface area contributed by atoms with E-state index < -0.39 is 0 Å². The molecule has 0 aliphatic carbocycles. The molecule has 0 aromatic carbocycles. The second-order valence-corrected chi connectivity index (χ2v) is 26.6. The molecule has 2 fully saturated rings. The van der Waals surface area contributed by atoms with E-state index >= 15 is 0 Å². The molecule has 2 rings (SSSR count). The molecule has 2 saturated heterocycles. The van der Waals surface area contributed by atoms with E-state index in [9.17, 15) is 0 Å². The van der Waals surface area contributed by atoms with E-state index in [-0.39, 0.29) is 0 Å². The lowest BCUT2D eigenvalue weighted by molar-refractivity contribution is 1.40. The van der Waals surface area contributed by atoms with Crippen LogP contribution in [-0.2, 0) is 0 Å². The lowest BCUT2D eigenvalue weighted by atomic mass is 10.9. The third-order valence-corrected chi connectivity index (χ3v) is 28.7. The van der Waals surface area contributed by atoms with Crippen LogP contribution in [0.2, 0.25) is 0 Å². The molecule has 8 heteroatoms. The summed E-state index contributed by atoms with van der Waals surface area (Å²) in [5.41, 5.74) is 0. The largest absolute Gasteiger partial charge is 0.193 e. The molecule has 88 valence electrons. The van der Waals surface area contributed by atoms with Crippen molar-refractivity contribution in [2.45, 2.75) is 18.4 Å². The summed E-state index contributed by atoms with van der Waals surface area (Å²) in [6.45, 7) is 4.81. The third kappa shape index (κ3) is 4.23. The van der Waals surface area contributed by atoms with Gasteiger partial charge in [0.25, 0.3) is 0 Å². The van der Waals surface area contributed by atoms with Crippen LogP contribution in [0.1, 0.15) is 13.8 Å². The highest BCUT2D eigenvalue weighted by Crippen LogP contribution is 2.96. The van der Waals surface area contributed by atoms with E-state index in [1.165, 1.54) is 11.5 Å². The molecule has 0 aromatic rings. The van der Waals surface area contributed by atoms with Gasteiger partial charge in [-0.05, 0) is 57.7 Å². The van der Waals surface area contributed by atoms with Gasteiger partial charge in [-0.3, -0.25) is 0 Å². The normalized spacial score (nSPS) is 30.0. The van der Waals surface area contributed by atoms with Gasteiger partial charge < -0.3 is 0 Å². The summed E-state index contributed by atoms with van der Waals surface area (Å²) in [6, 6.07) is 0. The monoisotopic (exact) mass is 344 g/mol. The predicted octanol–water partition coefficient (Wildman–Crippen LogP) is 5.45. The summed E-state index contributed by atoms with van der Waals surface area (Å²) in [5.74, 6) is 4.26. The Morgan fingerprint density at radius 1 is 1.29 bits per heavy atom. The highest BCUT2D eigenvalue weighted by Gasteiger charge is 2.37. The van der Waals surface area contributed by atoms with E-state index in [4.69, 9.17) is 0 Å². The van der Waals surface area contributed by atoms with E-state index in [1.807, 2.05) is 0 Å². The highest BCUT2D eigenvalue weighted by molar-refractivity contribution is 9.80. The minimum absolute atomic E-state index is 0.378. The van der Waals surface area contributed by atoms with Crippen molar-refractivity contribution >= 4 is 77.9 Å². The van der Waals surface area contributed by atoms with Crippen LogP contribution in [0.15, 0.2) is 0 Å². The Morgan fingerprint density at radius 3 is 2.50 bits per heavy atom. The number of hydrogen-bond donors (Lipinski definition) is 3. The molecular formula is C6H16S8. The summed E-state index contributed by atoms with van der Waals surface area (Å²) in [6.07, 6.45) is 0. The van der Waals surface area contributed by atoms with Crippen LogP contribution in [0.4, 0.5) is 0 Å². The van der Waals surface area contributed by atoms with Gasteiger partial charge >= 0.3 is 0 Å². The average molecular weight is 345 g/mol. The van der Waals surface area contributed by atoms with Crippen molar-refractivity contribution in [3.8, 4) is 0 Å². The van der Waals surface area contributed by atoms with Gasteiger partial charge in [-0.2, -0.15) is 21.7 Å². The van der Waals surface area contributed by atoms with E-state index in [1.54, 1.807) is 5.75 Å². The van der Waals surface area contributed by atoms with Crippen LogP contribution in [0.5, 0.6) is 0 Å². The van der Waals surface area contributed by atoms with Crippen LogP contribution >= 0.6 is 77.9 Å². The van der Waals surface area contributed by atoms with Gasteiger partial charge in [-0.25, -0.2) is 0 Å². The lowest BCUT2D eigenvalue weighted by Gasteiger charge is -2.27. The fourth-order valence-electron chi connectivity index (χ4n) is 1.06. The van der Waals surface area contributed by atoms with Gasteiger partial charge in [0.05, 0.1) is 0 Å². The second kappa shape index (κ2) is 6.66. The van der Waals surface area contributed by atoms with Crippen molar-refractivity contribution < 1.29 is 0 Å². The van der Waals surface area contributed by atoms with E-state index in [0.717, 1.165) is 4.58 Å². The Hall–Kier alpha value is 2.80. The molecule has 2 atom stereocenters. The zero-order valence-corrected chi connectivity index (χ0v) is 14.8. The number of thiol groups is 3. The summed E-state index contributed by atoms with van der Waals surface area (Å²) in [7, 11) is 9.93. The fraction of sp³-hybridized carbons (Fsp3) is 1.00. The van der Waals surface area contributed by atoms with Crippen molar-refractivity contribution in [2.75, 3.05) is 17.3 Å². The maximum Gasteiger partial charge on any atom is 0.0378 e. The van der Waals surface area contributed by atoms with Gasteiger partial charge in [-0.15, -0.1) is 17.0 Å². The highest BCUT2D eigenvalue weighted by atomic mass is 34.2. The first kappa shape index (κ1) is 13.2. The van der Waals surface area contributed by atoms with Gasteiger partial charge in [0.1, 0.15) is 0 Å². The molecule has 2 unspecified atom stereocenters. The molecule has 2 aliphatic rings. The summed E-state index contributed by atoms with van der Waals surface area (Å²) < 4.78 is 1.08. The van der Waals surface area contributed by atoms with Crippen molar-refractivity contribution in [3.63, 3.8) is 0 Å². The molecule has 0 radical (unpaired) electrons. The summed E-state index contributed by atoms with van der Waals surface area (Å²) in [4.78, 5) is 0. The minimum atomic E-state index is 0.378. The van der Waals surface area contributed by atoms with Crippen molar-refractivity contribution in [1.29, 1.82) is 0 Å². The third-order valence-electron chi connectivity index (χ3n) is 1.92. The molecule has 2 heterocycles. The van der Waals surface area contributed by atoms with Crippen LogP contribution < -0.4 is 0 Å². The summed E-state index contributed by atoms with van der Waals surface area (Å²) >= 11 is 2.13. The van der Waals surface area contributed by atoms with Crippen molar-refractivity contribution in [2.24, 2.45) is 0 Å². The first-order valence-electron chi connectivity index (χ1n) is 4.46. The quantitative estimate of drug-likeness (QED) is 0.242. The Morgan fingerprint density at radius 2 is 2.00 bits per heavy atom. The Balaban J connectivity index is 1.74. The smallest absolute Gasteiger partial charge is 0.0378 e. The molecule has 0 nitrogen and oxygen atoms in total. The number of rotatable bonds is 7.